The van der Waals surface area contributed by atoms with Crippen LogP contribution in [0.3, 0.4) is 0 Å². The summed E-state index contributed by atoms with van der Waals surface area (Å²) < 4.78 is 25.9. The van der Waals surface area contributed by atoms with Gasteiger partial charge in [0.05, 0.1) is 15.9 Å². The lowest BCUT2D eigenvalue weighted by Gasteiger charge is -2.28. The molecule has 9 heteroatoms. The molecule has 2 rings (SSSR count). The minimum Gasteiger partial charge on any atom is -0.393 e. The number of aliphatic hydroxyl groups excluding tert-OH is 1. The van der Waals surface area contributed by atoms with Gasteiger partial charge in [-0.25, -0.2) is 8.42 Å². The first kappa shape index (κ1) is 14.7. The smallest absolute Gasteiger partial charge is 0.292 e. The Morgan fingerprint density at radius 3 is 2.45 bits per heavy atom. The van der Waals surface area contributed by atoms with Gasteiger partial charge in [-0.1, -0.05) is 0 Å². The molecule has 1 aromatic carbocycles. The highest BCUT2D eigenvalue weighted by Gasteiger charge is 2.29. The van der Waals surface area contributed by atoms with Crippen molar-refractivity contribution in [1.82, 2.24) is 4.31 Å². The molecule has 0 spiro atoms. The molecular formula is C11H15N3O5S. The number of nitrogen functional groups attached to an aromatic ring is 1. The molecule has 0 saturated carbocycles. The molecule has 0 aromatic heterocycles. The largest absolute Gasteiger partial charge is 0.393 e. The van der Waals surface area contributed by atoms with Crippen molar-refractivity contribution in [3.8, 4) is 0 Å². The standard InChI is InChI=1S/C11H15N3O5S/c12-10-7-9(1-2-11(10)14(16)17)20(18,19)13-5-3-8(15)4-6-13/h1-2,7-8,15H,3-6,12H2. The number of sulfonamides is 1. The molecule has 20 heavy (non-hydrogen) atoms. The van der Waals surface area contributed by atoms with Crippen LogP contribution in [-0.4, -0.2) is 41.9 Å². The van der Waals surface area contributed by atoms with Crippen LogP contribution in [0.4, 0.5) is 11.4 Å². The van der Waals surface area contributed by atoms with Gasteiger partial charge in [-0.05, 0) is 25.0 Å². The third-order valence-corrected chi connectivity index (χ3v) is 5.15. The van der Waals surface area contributed by atoms with Crippen LogP contribution in [0.1, 0.15) is 12.8 Å². The number of rotatable bonds is 3. The van der Waals surface area contributed by atoms with E-state index in [1.807, 2.05) is 0 Å². The van der Waals surface area contributed by atoms with Crippen molar-refractivity contribution in [1.29, 1.82) is 0 Å². The second-order valence-electron chi connectivity index (χ2n) is 4.61. The fourth-order valence-corrected chi connectivity index (χ4v) is 3.60. The lowest BCUT2D eigenvalue weighted by molar-refractivity contribution is -0.383. The molecule has 0 atom stereocenters. The lowest BCUT2D eigenvalue weighted by Crippen LogP contribution is -2.40. The Labute approximate surface area is 116 Å². The van der Waals surface area contributed by atoms with E-state index < -0.39 is 21.1 Å². The summed E-state index contributed by atoms with van der Waals surface area (Å²) in [4.78, 5) is 9.92. The zero-order valence-corrected chi connectivity index (χ0v) is 11.4. The Kier molecular flexibility index (Phi) is 3.93. The maximum absolute atomic E-state index is 12.3. The summed E-state index contributed by atoms with van der Waals surface area (Å²) in [5.41, 5.74) is 5.00. The third kappa shape index (κ3) is 2.74. The summed E-state index contributed by atoms with van der Waals surface area (Å²) in [5.74, 6) is 0. The predicted octanol–water partition coefficient (Wildman–Crippen LogP) is 0.322. The first-order valence-electron chi connectivity index (χ1n) is 6.04. The van der Waals surface area contributed by atoms with Gasteiger partial charge in [-0.3, -0.25) is 10.1 Å². The number of benzene rings is 1. The van der Waals surface area contributed by atoms with Gasteiger partial charge < -0.3 is 10.8 Å². The van der Waals surface area contributed by atoms with Crippen molar-refractivity contribution < 1.29 is 18.4 Å². The van der Waals surface area contributed by atoms with E-state index in [9.17, 15) is 23.6 Å². The molecule has 0 aliphatic carbocycles. The van der Waals surface area contributed by atoms with E-state index in [1.165, 1.54) is 10.4 Å². The molecule has 1 aliphatic rings. The summed E-state index contributed by atoms with van der Waals surface area (Å²) >= 11 is 0. The van der Waals surface area contributed by atoms with Crippen LogP contribution in [0, 0.1) is 10.1 Å². The van der Waals surface area contributed by atoms with E-state index >= 15 is 0 Å². The number of nitro benzene ring substituents is 1. The summed E-state index contributed by atoms with van der Waals surface area (Å²) in [6.45, 7) is 0.445. The van der Waals surface area contributed by atoms with Crippen LogP contribution < -0.4 is 5.73 Å². The van der Waals surface area contributed by atoms with Gasteiger partial charge in [0, 0.05) is 19.2 Å². The number of aliphatic hydroxyl groups is 1. The van der Waals surface area contributed by atoms with Crippen molar-refractivity contribution in [2.24, 2.45) is 0 Å². The van der Waals surface area contributed by atoms with E-state index in [0.29, 0.717) is 12.8 Å². The number of hydrogen-bond donors (Lipinski definition) is 2. The van der Waals surface area contributed by atoms with Gasteiger partial charge in [0.25, 0.3) is 5.69 Å². The van der Waals surface area contributed by atoms with Crippen LogP contribution in [0.25, 0.3) is 0 Å². The summed E-state index contributed by atoms with van der Waals surface area (Å²) in [7, 11) is -3.73. The van der Waals surface area contributed by atoms with Gasteiger partial charge in [-0.15, -0.1) is 0 Å². The molecule has 3 N–H and O–H groups in total. The van der Waals surface area contributed by atoms with Gasteiger partial charge in [0.15, 0.2) is 0 Å². The minimum atomic E-state index is -3.73. The predicted molar refractivity (Wildman–Crippen MR) is 71.5 cm³/mol. The number of anilines is 1. The third-order valence-electron chi connectivity index (χ3n) is 3.26. The molecule has 0 amide bonds. The molecule has 1 fully saturated rings. The fourth-order valence-electron chi connectivity index (χ4n) is 2.09. The quantitative estimate of drug-likeness (QED) is 0.470. The van der Waals surface area contributed by atoms with Crippen LogP contribution in [0.5, 0.6) is 0 Å². The van der Waals surface area contributed by atoms with Crippen molar-refractivity contribution in [2.45, 2.75) is 23.8 Å². The normalized spacial score (nSPS) is 18.1. The van der Waals surface area contributed by atoms with E-state index in [2.05, 4.69) is 0 Å². The second-order valence-corrected chi connectivity index (χ2v) is 6.55. The average Bonchev–Trinajstić information content (AvgIpc) is 2.38. The van der Waals surface area contributed by atoms with Crippen LogP contribution in [-0.2, 0) is 10.0 Å². The fraction of sp³-hybridized carbons (Fsp3) is 0.455. The first-order chi connectivity index (χ1) is 9.32. The summed E-state index contributed by atoms with van der Waals surface area (Å²) in [6.07, 6.45) is 0.270. The minimum absolute atomic E-state index is 0.0722. The van der Waals surface area contributed by atoms with Gasteiger partial charge in [-0.2, -0.15) is 4.31 Å². The highest BCUT2D eigenvalue weighted by Crippen LogP contribution is 2.27. The van der Waals surface area contributed by atoms with Crippen LogP contribution in [0.2, 0.25) is 0 Å². The van der Waals surface area contributed by atoms with E-state index in [4.69, 9.17) is 5.73 Å². The Morgan fingerprint density at radius 2 is 1.95 bits per heavy atom. The number of piperidine rings is 1. The Bertz CT molecular complexity index is 623. The number of nitro groups is 1. The second kappa shape index (κ2) is 5.35. The molecule has 1 saturated heterocycles. The van der Waals surface area contributed by atoms with E-state index in [-0.39, 0.29) is 29.4 Å². The maximum atomic E-state index is 12.3. The number of hydrogen-bond acceptors (Lipinski definition) is 6. The van der Waals surface area contributed by atoms with E-state index in [0.717, 1.165) is 12.1 Å². The van der Waals surface area contributed by atoms with Crippen molar-refractivity contribution in [2.75, 3.05) is 18.8 Å². The first-order valence-corrected chi connectivity index (χ1v) is 7.48. The molecule has 110 valence electrons. The Morgan fingerprint density at radius 1 is 1.35 bits per heavy atom. The van der Waals surface area contributed by atoms with Crippen LogP contribution in [0.15, 0.2) is 23.1 Å². The van der Waals surface area contributed by atoms with Gasteiger partial charge in [0.1, 0.15) is 5.69 Å². The van der Waals surface area contributed by atoms with Crippen molar-refractivity contribution in [3.05, 3.63) is 28.3 Å². The SMILES string of the molecule is Nc1cc(S(=O)(=O)N2CCC(O)CC2)ccc1[N+](=O)[O-]. The lowest BCUT2D eigenvalue weighted by atomic mass is 10.1. The molecule has 0 bridgehead atoms. The molecule has 1 aliphatic heterocycles. The average molecular weight is 301 g/mol. The molecule has 8 nitrogen and oxygen atoms in total. The summed E-state index contributed by atoms with van der Waals surface area (Å²) in [6, 6.07) is 3.36. The van der Waals surface area contributed by atoms with Gasteiger partial charge >= 0.3 is 0 Å². The Hall–Kier alpha value is -1.71. The summed E-state index contributed by atoms with van der Waals surface area (Å²) in [5, 5.41) is 20.0. The molecule has 1 heterocycles. The van der Waals surface area contributed by atoms with Crippen molar-refractivity contribution in [3.63, 3.8) is 0 Å². The highest BCUT2D eigenvalue weighted by molar-refractivity contribution is 7.89. The maximum Gasteiger partial charge on any atom is 0.292 e. The number of nitrogens with zero attached hydrogens (tertiary/aromatic N) is 2. The monoisotopic (exact) mass is 301 g/mol. The Balaban J connectivity index is 2.30. The van der Waals surface area contributed by atoms with Crippen LogP contribution >= 0.6 is 0 Å². The molecule has 0 unspecified atom stereocenters. The highest BCUT2D eigenvalue weighted by atomic mass is 32.2. The molecule has 1 aromatic rings. The number of nitrogens with two attached hydrogens (primary N) is 1. The molecular weight excluding hydrogens is 286 g/mol. The molecule has 0 radical (unpaired) electrons. The zero-order valence-electron chi connectivity index (χ0n) is 10.6. The topological polar surface area (TPSA) is 127 Å². The van der Waals surface area contributed by atoms with Crippen molar-refractivity contribution >= 4 is 21.4 Å². The zero-order chi connectivity index (χ0) is 14.9. The van der Waals surface area contributed by atoms with Gasteiger partial charge in [0.2, 0.25) is 10.0 Å². The van der Waals surface area contributed by atoms with E-state index in [1.54, 1.807) is 0 Å².